The normalized spacial score (nSPS) is 22.7. The number of benzene rings is 1. The molecule has 0 saturated carbocycles. The highest BCUT2D eigenvalue weighted by molar-refractivity contribution is 8.00. The molecule has 2 N–H and O–H groups in total. The number of rotatable bonds is 6. The molecule has 3 rings (SSSR count). The average Bonchev–Trinajstić information content (AvgIpc) is 3.08. The van der Waals surface area contributed by atoms with Gasteiger partial charge in [0.2, 0.25) is 5.91 Å². The van der Waals surface area contributed by atoms with E-state index in [0.29, 0.717) is 13.0 Å². The second-order valence-electron chi connectivity index (χ2n) is 7.08. The zero-order valence-corrected chi connectivity index (χ0v) is 17.1. The van der Waals surface area contributed by atoms with Crippen molar-refractivity contribution >= 4 is 29.3 Å². The Balaban J connectivity index is 1.63. The van der Waals surface area contributed by atoms with Gasteiger partial charge in [-0.3, -0.25) is 9.79 Å². The zero-order valence-electron chi connectivity index (χ0n) is 16.2. The summed E-state index contributed by atoms with van der Waals surface area (Å²) < 4.78 is 5.67. The largest absolute Gasteiger partial charge is 0.381 e. The Morgan fingerprint density at radius 1 is 1.33 bits per heavy atom. The maximum atomic E-state index is 12.4. The van der Waals surface area contributed by atoms with Crippen molar-refractivity contribution in [2.45, 2.75) is 37.0 Å². The first kappa shape index (κ1) is 20.0. The van der Waals surface area contributed by atoms with Gasteiger partial charge in [0.05, 0.1) is 12.6 Å². The number of aliphatic imine (C=N–C) groups is 1. The van der Waals surface area contributed by atoms with Gasteiger partial charge in [0, 0.05) is 43.2 Å². The minimum Gasteiger partial charge on any atom is -0.381 e. The molecule has 1 unspecified atom stereocenters. The maximum Gasteiger partial charge on any atom is 0.229 e. The molecule has 0 spiro atoms. The van der Waals surface area contributed by atoms with Crippen molar-refractivity contribution < 1.29 is 9.53 Å². The summed E-state index contributed by atoms with van der Waals surface area (Å²) in [5.41, 5.74) is 0.956. The fraction of sp³-hybridized carbons (Fsp3) is 0.600. The van der Waals surface area contributed by atoms with Gasteiger partial charge in [-0.05, 0) is 38.2 Å². The lowest BCUT2D eigenvalue weighted by Crippen LogP contribution is -2.46. The topological polar surface area (TPSA) is 66.0 Å². The number of anilines is 1. The van der Waals surface area contributed by atoms with E-state index < -0.39 is 0 Å². The molecule has 1 aromatic rings. The summed E-state index contributed by atoms with van der Waals surface area (Å²) in [7, 11) is 0. The maximum absolute atomic E-state index is 12.4. The van der Waals surface area contributed by atoms with E-state index in [4.69, 9.17) is 9.73 Å². The number of carbonyl (C=O) groups is 1. The highest BCUT2D eigenvalue weighted by Gasteiger charge is 2.33. The third kappa shape index (κ3) is 5.17. The van der Waals surface area contributed by atoms with Crippen LogP contribution in [0.1, 0.15) is 26.2 Å². The van der Waals surface area contributed by atoms with Crippen LogP contribution in [-0.2, 0) is 9.53 Å². The minimum absolute atomic E-state index is 0.0652. The Hall–Kier alpha value is -1.73. The minimum atomic E-state index is 0.0652. The smallest absolute Gasteiger partial charge is 0.229 e. The van der Waals surface area contributed by atoms with Gasteiger partial charge >= 0.3 is 0 Å². The Morgan fingerprint density at radius 3 is 2.74 bits per heavy atom. The Labute approximate surface area is 166 Å². The quantitative estimate of drug-likeness (QED) is 0.576. The van der Waals surface area contributed by atoms with Gasteiger partial charge < -0.3 is 20.3 Å². The molecule has 2 aliphatic rings. The second kappa shape index (κ2) is 9.46. The van der Waals surface area contributed by atoms with Crippen LogP contribution >= 0.6 is 11.8 Å². The van der Waals surface area contributed by atoms with Crippen LogP contribution in [0.3, 0.4) is 0 Å². The van der Waals surface area contributed by atoms with E-state index in [0.717, 1.165) is 50.8 Å². The number of nitrogens with one attached hydrogen (secondary N) is 2. The van der Waals surface area contributed by atoms with Crippen molar-refractivity contribution in [2.75, 3.05) is 44.0 Å². The Bertz CT molecular complexity index is 647. The first-order valence-electron chi connectivity index (χ1n) is 9.69. The molecule has 148 valence electrons. The van der Waals surface area contributed by atoms with Crippen molar-refractivity contribution in [1.29, 1.82) is 0 Å². The van der Waals surface area contributed by atoms with Crippen LogP contribution < -0.4 is 15.5 Å². The number of hydrogen-bond donors (Lipinski definition) is 2. The van der Waals surface area contributed by atoms with Crippen molar-refractivity contribution in [1.82, 2.24) is 10.6 Å². The monoisotopic (exact) mass is 390 g/mol. The number of thioether (sulfide) groups is 1. The number of guanidine groups is 1. The highest BCUT2D eigenvalue weighted by atomic mass is 32.2. The van der Waals surface area contributed by atoms with Crippen LogP contribution in [0.2, 0.25) is 0 Å². The summed E-state index contributed by atoms with van der Waals surface area (Å²) in [6.45, 7) is 5.90. The summed E-state index contributed by atoms with van der Waals surface area (Å²) in [6.07, 6.45) is 4.71. The Kier molecular flexibility index (Phi) is 7.01. The fourth-order valence-corrected chi connectivity index (χ4v) is 4.34. The van der Waals surface area contributed by atoms with Gasteiger partial charge in [0.25, 0.3) is 0 Å². The lowest BCUT2D eigenvalue weighted by Gasteiger charge is -2.34. The zero-order chi connectivity index (χ0) is 19.1. The average molecular weight is 391 g/mol. The summed E-state index contributed by atoms with van der Waals surface area (Å²) in [5, 5.41) is 6.79. The third-order valence-corrected chi connectivity index (χ3v) is 6.64. The van der Waals surface area contributed by atoms with Gasteiger partial charge in [-0.1, -0.05) is 18.2 Å². The predicted molar refractivity (Wildman–Crippen MR) is 113 cm³/mol. The molecule has 2 aliphatic heterocycles. The molecule has 0 radical (unpaired) electrons. The molecule has 6 nitrogen and oxygen atoms in total. The summed E-state index contributed by atoms with van der Waals surface area (Å²) in [5.74, 6) is 0.949. The first-order chi connectivity index (χ1) is 13.2. The predicted octanol–water partition coefficient (Wildman–Crippen LogP) is 2.26. The summed E-state index contributed by atoms with van der Waals surface area (Å²) in [4.78, 5) is 19.1. The lowest BCUT2D eigenvalue weighted by molar-refractivity contribution is -0.117. The van der Waals surface area contributed by atoms with Crippen LogP contribution in [0.15, 0.2) is 35.3 Å². The van der Waals surface area contributed by atoms with Crippen molar-refractivity contribution in [2.24, 2.45) is 4.99 Å². The summed E-state index contributed by atoms with van der Waals surface area (Å²) >= 11 is 1.89. The standard InChI is InChI=1S/C20H30N4O2S/c1-3-21-19(22-15-20(27-2)9-11-26-12-10-20)23-16-13-18(25)24(14-16)17-7-5-4-6-8-17/h4-8,16H,3,9-15H2,1-2H3,(H2,21,22,23). The van der Waals surface area contributed by atoms with Crippen LogP contribution in [0.5, 0.6) is 0 Å². The molecular formula is C20H30N4O2S. The van der Waals surface area contributed by atoms with E-state index in [-0.39, 0.29) is 16.7 Å². The molecule has 0 bridgehead atoms. The fourth-order valence-electron chi connectivity index (χ4n) is 3.57. The van der Waals surface area contributed by atoms with Gasteiger partial charge in [0.15, 0.2) is 5.96 Å². The van der Waals surface area contributed by atoms with Crippen molar-refractivity contribution in [3.63, 3.8) is 0 Å². The molecule has 0 aromatic heterocycles. The summed E-state index contributed by atoms with van der Waals surface area (Å²) in [6, 6.07) is 9.92. The van der Waals surface area contributed by atoms with Crippen LogP contribution in [0.4, 0.5) is 5.69 Å². The molecule has 2 heterocycles. The lowest BCUT2D eigenvalue weighted by atomic mass is 9.99. The van der Waals surface area contributed by atoms with Crippen LogP contribution in [0, 0.1) is 0 Å². The number of para-hydroxylation sites is 1. The molecule has 0 aliphatic carbocycles. The van der Waals surface area contributed by atoms with E-state index in [1.54, 1.807) is 0 Å². The molecule has 1 atom stereocenters. The van der Waals surface area contributed by atoms with E-state index in [1.165, 1.54) is 0 Å². The van der Waals surface area contributed by atoms with Gasteiger partial charge in [0.1, 0.15) is 0 Å². The molecule has 7 heteroatoms. The number of nitrogens with zero attached hydrogens (tertiary/aromatic N) is 2. The number of carbonyl (C=O) groups excluding carboxylic acids is 1. The van der Waals surface area contributed by atoms with Crippen LogP contribution in [0.25, 0.3) is 0 Å². The highest BCUT2D eigenvalue weighted by Crippen LogP contribution is 2.34. The molecule has 27 heavy (non-hydrogen) atoms. The molecule has 1 amide bonds. The third-order valence-electron chi connectivity index (χ3n) is 5.24. The van der Waals surface area contributed by atoms with E-state index in [2.05, 4.69) is 23.8 Å². The molecular weight excluding hydrogens is 360 g/mol. The SMILES string of the molecule is CCNC(=NCC1(SC)CCOCC1)NC1CC(=O)N(c2ccccc2)C1. The van der Waals surface area contributed by atoms with Gasteiger partial charge in [-0.15, -0.1) is 0 Å². The van der Waals surface area contributed by atoms with Crippen molar-refractivity contribution in [3.8, 4) is 0 Å². The van der Waals surface area contributed by atoms with E-state index in [9.17, 15) is 4.79 Å². The number of hydrogen-bond acceptors (Lipinski definition) is 4. The molecule has 1 aromatic carbocycles. The van der Waals surface area contributed by atoms with E-state index >= 15 is 0 Å². The first-order valence-corrected chi connectivity index (χ1v) is 10.9. The van der Waals surface area contributed by atoms with Crippen LogP contribution in [-0.4, -0.2) is 61.8 Å². The second-order valence-corrected chi connectivity index (χ2v) is 8.35. The van der Waals surface area contributed by atoms with E-state index in [1.807, 2.05) is 47.0 Å². The van der Waals surface area contributed by atoms with Gasteiger partial charge in [-0.2, -0.15) is 11.8 Å². The molecule has 2 fully saturated rings. The molecule has 2 saturated heterocycles. The number of amides is 1. The van der Waals surface area contributed by atoms with Gasteiger partial charge in [-0.25, -0.2) is 0 Å². The Morgan fingerprint density at radius 2 is 2.07 bits per heavy atom. The van der Waals surface area contributed by atoms with Crippen molar-refractivity contribution in [3.05, 3.63) is 30.3 Å². The number of ether oxygens (including phenoxy) is 1.